The molecule has 0 bridgehead atoms. The molecule has 8 nitrogen and oxygen atoms in total. The van der Waals surface area contributed by atoms with Crippen LogP contribution in [0.1, 0.15) is 45.6 Å². The minimum absolute atomic E-state index is 0.0898. The summed E-state index contributed by atoms with van der Waals surface area (Å²) in [5.74, 6) is -0.00780. The lowest BCUT2D eigenvalue weighted by Crippen LogP contribution is -2.45. The second-order valence-corrected chi connectivity index (χ2v) is 9.46. The zero-order valence-electron chi connectivity index (χ0n) is 16.8. The highest BCUT2D eigenvalue weighted by Crippen LogP contribution is 2.29. The van der Waals surface area contributed by atoms with Gasteiger partial charge in [0.25, 0.3) is 15.9 Å². The summed E-state index contributed by atoms with van der Waals surface area (Å²) in [4.78, 5) is 28.7. The molecule has 0 radical (unpaired) electrons. The number of aliphatic imine (C=N–C) groups is 1. The number of carbonyl (C=O) groups excluding carboxylic acids is 2. The van der Waals surface area contributed by atoms with Crippen LogP contribution in [0, 0.1) is 11.8 Å². The molecule has 1 aliphatic heterocycles. The lowest BCUT2D eigenvalue weighted by molar-refractivity contribution is -0.149. The van der Waals surface area contributed by atoms with Crippen molar-refractivity contribution in [3.63, 3.8) is 0 Å². The number of hydrogen-bond donors (Lipinski definition) is 2. The van der Waals surface area contributed by atoms with Crippen molar-refractivity contribution in [1.82, 2.24) is 10.0 Å². The third kappa shape index (κ3) is 4.77. The number of nitrogens with zero attached hydrogens (tertiary/aromatic N) is 1. The van der Waals surface area contributed by atoms with Gasteiger partial charge in [-0.3, -0.25) is 14.5 Å². The molecule has 1 aromatic carbocycles. The van der Waals surface area contributed by atoms with Crippen LogP contribution in [0.15, 0.2) is 34.2 Å². The van der Waals surface area contributed by atoms with E-state index >= 15 is 0 Å². The average molecular weight is 422 g/mol. The standard InChI is InChI=1S/C20H27N3O5S/c1-12-7-6-9-16(13(12)2)22-18(24)11-28-20(25)14(3)21-19-15-8-4-5-10-17(15)29(26,27)23-19/h4-5,8,10,12-14,16H,6-7,9,11H2,1-3H3,(H,21,23)(H,22,24)/t12-,13+,14-,16+/m1/s1. The van der Waals surface area contributed by atoms with Gasteiger partial charge in [0, 0.05) is 11.6 Å². The van der Waals surface area contributed by atoms with Gasteiger partial charge >= 0.3 is 5.97 Å². The molecule has 1 saturated carbocycles. The molecule has 4 atom stereocenters. The Labute approximate surface area is 171 Å². The van der Waals surface area contributed by atoms with Crippen LogP contribution in [0.3, 0.4) is 0 Å². The normalized spacial score (nSPS) is 27.6. The van der Waals surface area contributed by atoms with Crippen molar-refractivity contribution in [2.24, 2.45) is 16.8 Å². The maximum absolute atomic E-state index is 12.2. The first-order chi connectivity index (χ1) is 13.7. The van der Waals surface area contributed by atoms with Gasteiger partial charge in [-0.25, -0.2) is 13.2 Å². The van der Waals surface area contributed by atoms with E-state index in [9.17, 15) is 18.0 Å². The van der Waals surface area contributed by atoms with E-state index in [4.69, 9.17) is 4.74 Å². The first-order valence-corrected chi connectivity index (χ1v) is 11.3. The number of amidine groups is 1. The van der Waals surface area contributed by atoms with Gasteiger partial charge in [0.2, 0.25) is 0 Å². The Hall–Kier alpha value is -2.42. The maximum Gasteiger partial charge on any atom is 0.331 e. The van der Waals surface area contributed by atoms with Crippen LogP contribution >= 0.6 is 0 Å². The summed E-state index contributed by atoms with van der Waals surface area (Å²) >= 11 is 0. The zero-order chi connectivity index (χ0) is 21.2. The van der Waals surface area contributed by atoms with Crippen LogP contribution in [-0.4, -0.2) is 44.8 Å². The summed E-state index contributed by atoms with van der Waals surface area (Å²) in [6.07, 6.45) is 3.16. The molecule has 0 unspecified atom stereocenters. The fourth-order valence-electron chi connectivity index (χ4n) is 3.77. The third-order valence-electron chi connectivity index (χ3n) is 5.73. The second-order valence-electron chi connectivity index (χ2n) is 7.80. The van der Waals surface area contributed by atoms with Gasteiger partial charge in [-0.1, -0.05) is 38.8 Å². The summed E-state index contributed by atoms with van der Waals surface area (Å²) in [5, 5.41) is 2.95. The minimum Gasteiger partial charge on any atom is -0.454 e. The molecule has 1 heterocycles. The lowest BCUT2D eigenvalue weighted by Gasteiger charge is -2.34. The molecular formula is C20H27N3O5S. The number of fused-ring (bicyclic) bond motifs is 1. The topological polar surface area (TPSA) is 114 Å². The minimum atomic E-state index is -3.68. The summed E-state index contributed by atoms with van der Waals surface area (Å²) in [7, 11) is -3.68. The van der Waals surface area contributed by atoms with Crippen molar-refractivity contribution in [2.75, 3.05) is 6.61 Å². The first kappa shape index (κ1) is 21.3. The van der Waals surface area contributed by atoms with Crippen LogP contribution < -0.4 is 10.0 Å². The van der Waals surface area contributed by atoms with Crippen LogP contribution in [0.5, 0.6) is 0 Å². The lowest BCUT2D eigenvalue weighted by atomic mass is 9.78. The van der Waals surface area contributed by atoms with Crippen molar-refractivity contribution in [1.29, 1.82) is 0 Å². The third-order valence-corrected chi connectivity index (χ3v) is 7.12. The van der Waals surface area contributed by atoms with E-state index in [0.717, 1.165) is 19.3 Å². The van der Waals surface area contributed by atoms with Gasteiger partial charge in [0.15, 0.2) is 6.61 Å². The number of esters is 1. The number of ether oxygens (including phenoxy) is 1. The van der Waals surface area contributed by atoms with Gasteiger partial charge in [-0.2, -0.15) is 0 Å². The number of amides is 1. The van der Waals surface area contributed by atoms with E-state index in [0.29, 0.717) is 17.4 Å². The van der Waals surface area contributed by atoms with Crippen molar-refractivity contribution in [3.8, 4) is 0 Å². The molecular weight excluding hydrogens is 394 g/mol. The molecule has 2 aliphatic rings. The molecule has 1 aromatic rings. The highest BCUT2D eigenvalue weighted by molar-refractivity contribution is 7.90. The van der Waals surface area contributed by atoms with E-state index in [1.54, 1.807) is 18.2 Å². The van der Waals surface area contributed by atoms with E-state index in [-0.39, 0.29) is 29.3 Å². The van der Waals surface area contributed by atoms with E-state index in [2.05, 4.69) is 28.9 Å². The number of hydrogen-bond acceptors (Lipinski definition) is 6. The van der Waals surface area contributed by atoms with Crippen LogP contribution in [-0.2, 0) is 24.3 Å². The van der Waals surface area contributed by atoms with Crippen LogP contribution in [0.4, 0.5) is 0 Å². The Morgan fingerprint density at radius 3 is 2.76 bits per heavy atom. The molecule has 158 valence electrons. The molecule has 1 amide bonds. The Bertz CT molecular complexity index is 928. The molecule has 0 aromatic heterocycles. The van der Waals surface area contributed by atoms with Gasteiger partial charge in [0.1, 0.15) is 11.9 Å². The van der Waals surface area contributed by atoms with Gasteiger partial charge in [-0.05, 0) is 37.3 Å². The number of rotatable bonds is 5. The largest absolute Gasteiger partial charge is 0.454 e. The Morgan fingerprint density at radius 2 is 2.00 bits per heavy atom. The molecule has 3 rings (SSSR count). The highest BCUT2D eigenvalue weighted by Gasteiger charge is 2.32. The number of nitrogens with one attached hydrogen (secondary N) is 2. The number of sulfonamides is 1. The van der Waals surface area contributed by atoms with Crippen LogP contribution in [0.2, 0.25) is 0 Å². The average Bonchev–Trinajstić information content (AvgIpc) is 2.94. The fourth-order valence-corrected chi connectivity index (χ4v) is 5.01. The monoisotopic (exact) mass is 421 g/mol. The summed E-state index contributed by atoms with van der Waals surface area (Å²) in [6.45, 7) is 5.42. The zero-order valence-corrected chi connectivity index (χ0v) is 17.7. The molecule has 0 spiro atoms. The van der Waals surface area contributed by atoms with Gasteiger partial charge in [-0.15, -0.1) is 0 Å². The summed E-state index contributed by atoms with van der Waals surface area (Å²) < 4.78 is 31.6. The van der Waals surface area contributed by atoms with Gasteiger partial charge in [0.05, 0.1) is 4.90 Å². The SMILES string of the molecule is C[C@H]1[C@H](C)CCC[C@@H]1NC(=O)COC(=O)[C@@H](C)N=C1NS(=O)(=O)c2ccccc21. The quantitative estimate of drug-likeness (QED) is 0.701. The molecule has 0 saturated heterocycles. The van der Waals surface area contributed by atoms with E-state index in [1.807, 2.05) is 0 Å². The second kappa shape index (κ2) is 8.52. The maximum atomic E-state index is 12.2. The van der Waals surface area contributed by atoms with Crippen LogP contribution in [0.25, 0.3) is 0 Å². The highest BCUT2D eigenvalue weighted by atomic mass is 32.2. The predicted molar refractivity (Wildman–Crippen MR) is 108 cm³/mol. The Balaban J connectivity index is 1.56. The Morgan fingerprint density at radius 1 is 1.28 bits per heavy atom. The van der Waals surface area contributed by atoms with E-state index < -0.39 is 22.0 Å². The predicted octanol–water partition coefficient (Wildman–Crippen LogP) is 1.60. The van der Waals surface area contributed by atoms with E-state index in [1.165, 1.54) is 13.0 Å². The molecule has 1 fully saturated rings. The number of benzene rings is 1. The fraction of sp³-hybridized carbons (Fsp3) is 0.550. The molecule has 29 heavy (non-hydrogen) atoms. The van der Waals surface area contributed by atoms with Crippen molar-refractivity contribution >= 4 is 27.7 Å². The van der Waals surface area contributed by atoms with Crippen molar-refractivity contribution < 1.29 is 22.7 Å². The summed E-state index contributed by atoms with van der Waals surface area (Å²) in [6, 6.07) is 5.53. The smallest absolute Gasteiger partial charge is 0.331 e. The summed E-state index contributed by atoms with van der Waals surface area (Å²) in [5.41, 5.74) is 0.408. The van der Waals surface area contributed by atoms with Crippen molar-refractivity contribution in [2.45, 2.75) is 57.0 Å². The molecule has 2 N–H and O–H groups in total. The molecule has 1 aliphatic carbocycles. The van der Waals surface area contributed by atoms with Gasteiger partial charge < -0.3 is 10.1 Å². The number of carbonyl (C=O) groups is 2. The first-order valence-electron chi connectivity index (χ1n) is 9.85. The molecule has 9 heteroatoms. The van der Waals surface area contributed by atoms with Crippen molar-refractivity contribution in [3.05, 3.63) is 29.8 Å². The Kier molecular flexibility index (Phi) is 6.26.